The zero-order chi connectivity index (χ0) is 16.3. The zero-order valence-corrected chi connectivity index (χ0v) is 13.2. The van der Waals surface area contributed by atoms with E-state index < -0.39 is 6.09 Å². The molecule has 2 amide bonds. The van der Waals surface area contributed by atoms with Crippen molar-refractivity contribution in [3.8, 4) is 0 Å². The molecule has 1 fully saturated rings. The average molecular weight is 308 g/mol. The number of carbonyl (C=O) groups is 2. The summed E-state index contributed by atoms with van der Waals surface area (Å²) in [4.78, 5) is 36.9. The average Bonchev–Trinajstić information content (AvgIpc) is 2.84. The Bertz CT molecular complexity index is 575. The topological polar surface area (TPSA) is 90.9 Å². The van der Waals surface area contributed by atoms with Gasteiger partial charge in [0.1, 0.15) is 18.8 Å². The third-order valence-electron chi connectivity index (χ3n) is 3.03. The molecule has 1 aliphatic rings. The van der Waals surface area contributed by atoms with E-state index in [0.717, 1.165) is 0 Å². The molecule has 0 atom stereocenters. The van der Waals surface area contributed by atoms with Crippen LogP contribution in [-0.4, -0.2) is 74.8 Å². The summed E-state index contributed by atoms with van der Waals surface area (Å²) in [5.41, 5.74) is 0.494. The quantitative estimate of drug-likeness (QED) is 0.818. The van der Waals surface area contributed by atoms with Crippen molar-refractivity contribution in [1.29, 1.82) is 0 Å². The van der Waals surface area contributed by atoms with Gasteiger partial charge in [-0.15, -0.1) is 0 Å². The second kappa shape index (κ2) is 6.46. The molecular formula is C13H20N6O3. The van der Waals surface area contributed by atoms with Crippen LogP contribution in [-0.2, 0) is 9.53 Å². The van der Waals surface area contributed by atoms with Crippen LogP contribution in [0.25, 0.3) is 0 Å². The zero-order valence-electron chi connectivity index (χ0n) is 13.2. The predicted octanol–water partition coefficient (Wildman–Crippen LogP) is -0.000700. The van der Waals surface area contributed by atoms with Gasteiger partial charge in [-0.1, -0.05) is 0 Å². The van der Waals surface area contributed by atoms with E-state index in [1.165, 1.54) is 4.90 Å². The maximum Gasteiger partial charge on any atom is 0.410 e. The summed E-state index contributed by atoms with van der Waals surface area (Å²) < 4.78 is 4.79. The lowest BCUT2D eigenvalue weighted by Gasteiger charge is -2.20. The van der Waals surface area contributed by atoms with E-state index in [-0.39, 0.29) is 12.5 Å². The van der Waals surface area contributed by atoms with Crippen LogP contribution < -0.4 is 15.1 Å². The Balaban J connectivity index is 2.11. The minimum Gasteiger partial charge on any atom is -0.448 e. The molecule has 0 saturated carbocycles. The van der Waals surface area contributed by atoms with E-state index in [4.69, 9.17) is 4.74 Å². The molecule has 9 heteroatoms. The molecule has 1 aromatic heterocycles. The van der Waals surface area contributed by atoms with Crippen LogP contribution in [0.15, 0.2) is 6.20 Å². The number of carbonyl (C=O) groups excluding carboxylic acids is 2. The van der Waals surface area contributed by atoms with Crippen LogP contribution in [0.2, 0.25) is 0 Å². The first-order valence-corrected chi connectivity index (χ1v) is 6.81. The summed E-state index contributed by atoms with van der Waals surface area (Å²) in [5, 5.41) is 2.73. The summed E-state index contributed by atoms with van der Waals surface area (Å²) in [6, 6.07) is 0. The third-order valence-corrected chi connectivity index (χ3v) is 3.03. The number of hydrogen-bond donors (Lipinski definition) is 1. The third kappa shape index (κ3) is 3.54. The number of nitrogens with one attached hydrogen (secondary N) is 1. The number of nitrogens with zero attached hydrogens (tertiary/aromatic N) is 5. The Morgan fingerprint density at radius 3 is 2.64 bits per heavy atom. The molecule has 0 unspecified atom stereocenters. The molecule has 0 bridgehead atoms. The summed E-state index contributed by atoms with van der Waals surface area (Å²) in [5.74, 6) is 0.823. The summed E-state index contributed by atoms with van der Waals surface area (Å²) >= 11 is 0. The fourth-order valence-corrected chi connectivity index (χ4v) is 1.94. The SMILES string of the molecule is CN(C)c1ncc(NC(=O)CN2CCOC2=O)c(N(C)C)n1. The Labute approximate surface area is 128 Å². The van der Waals surface area contributed by atoms with Crippen molar-refractivity contribution in [3.05, 3.63) is 6.20 Å². The number of cyclic esters (lactones) is 1. The molecule has 1 aromatic rings. The fourth-order valence-electron chi connectivity index (χ4n) is 1.94. The van der Waals surface area contributed by atoms with Crippen molar-refractivity contribution in [2.45, 2.75) is 0 Å². The van der Waals surface area contributed by atoms with Gasteiger partial charge in [-0.2, -0.15) is 4.98 Å². The molecule has 120 valence electrons. The first-order valence-electron chi connectivity index (χ1n) is 6.81. The van der Waals surface area contributed by atoms with E-state index in [1.54, 1.807) is 16.0 Å². The van der Waals surface area contributed by atoms with Crippen molar-refractivity contribution < 1.29 is 14.3 Å². The van der Waals surface area contributed by atoms with Crippen molar-refractivity contribution in [2.75, 3.05) is 63.0 Å². The summed E-state index contributed by atoms with van der Waals surface area (Å²) in [6.45, 7) is 0.680. The highest BCUT2D eigenvalue weighted by atomic mass is 16.6. The molecule has 1 N–H and O–H groups in total. The Kier molecular flexibility index (Phi) is 4.64. The van der Waals surface area contributed by atoms with Gasteiger partial charge in [0.25, 0.3) is 0 Å². The number of aromatic nitrogens is 2. The largest absolute Gasteiger partial charge is 0.448 e. The predicted molar refractivity (Wildman–Crippen MR) is 82.2 cm³/mol. The van der Waals surface area contributed by atoms with E-state index in [9.17, 15) is 9.59 Å². The maximum absolute atomic E-state index is 12.1. The lowest BCUT2D eigenvalue weighted by atomic mass is 10.4. The van der Waals surface area contributed by atoms with Crippen molar-refractivity contribution in [1.82, 2.24) is 14.9 Å². The summed E-state index contributed by atoms with van der Waals surface area (Å²) in [7, 11) is 7.34. The maximum atomic E-state index is 12.1. The lowest BCUT2D eigenvalue weighted by Crippen LogP contribution is -2.34. The smallest absolute Gasteiger partial charge is 0.410 e. The normalized spacial score (nSPS) is 13.8. The number of hydrogen-bond acceptors (Lipinski definition) is 7. The van der Waals surface area contributed by atoms with Crippen molar-refractivity contribution in [2.24, 2.45) is 0 Å². The fraction of sp³-hybridized carbons (Fsp3) is 0.538. The monoisotopic (exact) mass is 308 g/mol. The standard InChI is InChI=1S/C13H20N6O3/c1-17(2)11-9(7-14-12(16-11)18(3)4)15-10(20)8-19-5-6-22-13(19)21/h7H,5-6,8H2,1-4H3,(H,15,20). The molecule has 0 radical (unpaired) electrons. The Morgan fingerprint density at radius 1 is 1.36 bits per heavy atom. The lowest BCUT2D eigenvalue weighted by molar-refractivity contribution is -0.116. The van der Waals surface area contributed by atoms with Gasteiger partial charge in [0, 0.05) is 28.2 Å². The van der Waals surface area contributed by atoms with Crippen LogP contribution in [0.1, 0.15) is 0 Å². The Morgan fingerprint density at radius 2 is 2.09 bits per heavy atom. The first kappa shape index (κ1) is 15.8. The van der Waals surface area contributed by atoms with Crippen LogP contribution >= 0.6 is 0 Å². The van der Waals surface area contributed by atoms with E-state index in [1.807, 2.05) is 28.2 Å². The summed E-state index contributed by atoms with van der Waals surface area (Å²) in [6.07, 6.45) is 1.08. The van der Waals surface area contributed by atoms with Gasteiger partial charge in [-0.05, 0) is 0 Å². The second-order valence-electron chi connectivity index (χ2n) is 5.28. The van der Waals surface area contributed by atoms with Gasteiger partial charge >= 0.3 is 6.09 Å². The minimum atomic E-state index is -0.470. The van der Waals surface area contributed by atoms with E-state index in [0.29, 0.717) is 30.6 Å². The molecule has 0 aromatic carbocycles. The number of anilines is 3. The molecule has 2 heterocycles. The van der Waals surface area contributed by atoms with Gasteiger partial charge in [0.2, 0.25) is 11.9 Å². The molecule has 0 aliphatic carbocycles. The number of amides is 2. The van der Waals surface area contributed by atoms with Gasteiger partial charge in [0.05, 0.1) is 12.7 Å². The van der Waals surface area contributed by atoms with Crippen LogP contribution in [0.3, 0.4) is 0 Å². The van der Waals surface area contributed by atoms with E-state index in [2.05, 4.69) is 15.3 Å². The highest BCUT2D eigenvalue weighted by molar-refractivity contribution is 5.96. The molecule has 0 spiro atoms. The van der Waals surface area contributed by atoms with Crippen molar-refractivity contribution >= 4 is 29.5 Å². The van der Waals surface area contributed by atoms with Crippen LogP contribution in [0.5, 0.6) is 0 Å². The van der Waals surface area contributed by atoms with Crippen LogP contribution in [0.4, 0.5) is 22.2 Å². The van der Waals surface area contributed by atoms with Crippen LogP contribution in [0, 0.1) is 0 Å². The highest BCUT2D eigenvalue weighted by Gasteiger charge is 2.24. The number of ether oxygens (including phenoxy) is 1. The Hall–Kier alpha value is -2.58. The second-order valence-corrected chi connectivity index (χ2v) is 5.28. The highest BCUT2D eigenvalue weighted by Crippen LogP contribution is 2.23. The molecule has 9 nitrogen and oxygen atoms in total. The molecule has 1 saturated heterocycles. The number of rotatable bonds is 5. The first-order chi connectivity index (χ1) is 10.4. The van der Waals surface area contributed by atoms with Gasteiger partial charge in [-0.25, -0.2) is 9.78 Å². The molecule has 2 rings (SSSR count). The van der Waals surface area contributed by atoms with Gasteiger partial charge in [-0.3, -0.25) is 9.69 Å². The van der Waals surface area contributed by atoms with Gasteiger partial charge in [0.15, 0.2) is 5.82 Å². The minimum absolute atomic E-state index is 0.0544. The molecule has 1 aliphatic heterocycles. The van der Waals surface area contributed by atoms with Crippen molar-refractivity contribution in [3.63, 3.8) is 0 Å². The van der Waals surface area contributed by atoms with E-state index >= 15 is 0 Å². The molecular weight excluding hydrogens is 288 g/mol. The molecule has 22 heavy (non-hydrogen) atoms. The van der Waals surface area contributed by atoms with Gasteiger partial charge < -0.3 is 19.9 Å².